The molecule has 0 bridgehead atoms. The summed E-state index contributed by atoms with van der Waals surface area (Å²) in [5, 5.41) is 13.9. The summed E-state index contributed by atoms with van der Waals surface area (Å²) in [5.41, 5.74) is 1.28. The highest BCUT2D eigenvalue weighted by molar-refractivity contribution is 7.14. The normalized spacial score (nSPS) is 12.9. The second-order valence-electron chi connectivity index (χ2n) is 9.17. The van der Waals surface area contributed by atoms with E-state index in [4.69, 9.17) is 33.0 Å². The Morgan fingerprint density at radius 3 is 2.42 bits per heavy atom. The number of benzene rings is 2. The second-order valence-corrected chi connectivity index (χ2v) is 10.8. The van der Waals surface area contributed by atoms with Gasteiger partial charge in [-0.1, -0.05) is 56.1 Å². The predicted octanol–water partition coefficient (Wildman–Crippen LogP) is 7.73. The Hall–Kier alpha value is -2.78. The van der Waals surface area contributed by atoms with Crippen LogP contribution in [0.2, 0.25) is 10.0 Å². The van der Waals surface area contributed by atoms with E-state index >= 15 is 4.39 Å². The van der Waals surface area contributed by atoms with Crippen molar-refractivity contribution in [2.24, 2.45) is 5.41 Å². The van der Waals surface area contributed by atoms with Gasteiger partial charge in [0.05, 0.1) is 21.8 Å². The van der Waals surface area contributed by atoms with Crippen molar-refractivity contribution >= 4 is 57.6 Å². The first-order valence-corrected chi connectivity index (χ1v) is 12.5. The van der Waals surface area contributed by atoms with Gasteiger partial charge in [-0.05, 0) is 36.6 Å². The Balaban J connectivity index is 1.86. The molecule has 0 aliphatic rings. The van der Waals surface area contributed by atoms with Crippen molar-refractivity contribution in [3.05, 3.63) is 73.8 Å². The van der Waals surface area contributed by atoms with Gasteiger partial charge in [0, 0.05) is 40.3 Å². The molecule has 0 aliphatic carbocycles. The van der Waals surface area contributed by atoms with Crippen molar-refractivity contribution in [2.45, 2.75) is 33.8 Å². The van der Waals surface area contributed by atoms with E-state index in [1.165, 1.54) is 25.1 Å². The summed E-state index contributed by atoms with van der Waals surface area (Å²) in [6.07, 6.45) is 0.875. The number of ether oxygens (including phenoxy) is 1. The van der Waals surface area contributed by atoms with Crippen molar-refractivity contribution < 1.29 is 23.8 Å². The first-order valence-electron chi connectivity index (χ1n) is 10.8. The van der Waals surface area contributed by atoms with Gasteiger partial charge < -0.3 is 9.84 Å². The van der Waals surface area contributed by atoms with Gasteiger partial charge in [-0.25, -0.2) is 14.2 Å². The zero-order chi connectivity index (χ0) is 26.8. The number of carboxylic acids is 1. The maximum atomic E-state index is 15.5. The molecule has 36 heavy (non-hydrogen) atoms. The smallest absolute Gasteiger partial charge is 0.331 e. The highest BCUT2D eigenvalue weighted by atomic mass is 35.5. The quantitative estimate of drug-likeness (QED) is 0.294. The number of rotatable bonds is 7. The van der Waals surface area contributed by atoms with E-state index < -0.39 is 23.8 Å². The van der Waals surface area contributed by atoms with E-state index in [2.05, 4.69) is 10.3 Å². The number of hydrogen-bond donors (Lipinski definition) is 2. The number of aromatic nitrogens is 1. The van der Waals surface area contributed by atoms with Crippen LogP contribution in [0.3, 0.4) is 0 Å². The van der Waals surface area contributed by atoms with Gasteiger partial charge in [-0.3, -0.25) is 10.1 Å². The van der Waals surface area contributed by atoms with Gasteiger partial charge in [0.25, 0.3) is 5.91 Å². The number of hydrogen-bond acceptors (Lipinski definition) is 5. The summed E-state index contributed by atoms with van der Waals surface area (Å²) in [6, 6.07) is 7.84. The Morgan fingerprint density at radius 2 is 1.86 bits per heavy atom. The zero-order valence-corrected chi connectivity index (χ0v) is 22.6. The fourth-order valence-corrected chi connectivity index (χ4v) is 4.95. The summed E-state index contributed by atoms with van der Waals surface area (Å²) >= 11 is 13.6. The molecular weight excluding hydrogens is 526 g/mol. The van der Waals surface area contributed by atoms with E-state index in [1.54, 1.807) is 30.7 Å². The maximum Gasteiger partial charge on any atom is 0.331 e. The third-order valence-corrected chi connectivity index (χ3v) is 6.76. The highest BCUT2D eigenvalue weighted by Crippen LogP contribution is 2.39. The standard InChI is InChI=1S/C26H25Cl2FN2O4S/c1-13(24(33)34)9-17-18(27)10-14(11-19(17)28)23(32)31-25-30-20(12-36-25)15-7-6-8-16(21(15)29)22(35-5)26(2,3)4/h6-12,22H,1-5H3,(H,33,34)(H,30,31,32)/b13-9+. The fourth-order valence-electron chi connectivity index (χ4n) is 3.65. The molecule has 2 aromatic carbocycles. The number of nitrogens with one attached hydrogen (secondary N) is 1. The molecule has 1 amide bonds. The first-order chi connectivity index (χ1) is 16.8. The lowest BCUT2D eigenvalue weighted by molar-refractivity contribution is -0.132. The Kier molecular flexibility index (Phi) is 8.56. The molecule has 2 N–H and O–H groups in total. The van der Waals surface area contributed by atoms with E-state index in [0.29, 0.717) is 22.4 Å². The van der Waals surface area contributed by atoms with Crippen LogP contribution in [0.1, 0.15) is 55.3 Å². The van der Waals surface area contributed by atoms with Crippen LogP contribution >= 0.6 is 34.5 Å². The predicted molar refractivity (Wildman–Crippen MR) is 142 cm³/mol. The third kappa shape index (κ3) is 6.13. The number of nitrogens with zero attached hydrogens (tertiary/aromatic N) is 1. The minimum absolute atomic E-state index is 0.0435. The number of aliphatic carboxylic acids is 1. The van der Waals surface area contributed by atoms with Gasteiger partial charge in [-0.2, -0.15) is 0 Å². The van der Waals surface area contributed by atoms with Crippen molar-refractivity contribution in [3.63, 3.8) is 0 Å². The van der Waals surface area contributed by atoms with Crippen molar-refractivity contribution in [1.82, 2.24) is 4.98 Å². The van der Waals surface area contributed by atoms with Crippen LogP contribution < -0.4 is 5.32 Å². The fraction of sp³-hybridized carbons (Fsp3) is 0.269. The lowest BCUT2D eigenvalue weighted by Crippen LogP contribution is -2.21. The topological polar surface area (TPSA) is 88.5 Å². The zero-order valence-electron chi connectivity index (χ0n) is 20.3. The van der Waals surface area contributed by atoms with E-state index in [9.17, 15) is 9.59 Å². The van der Waals surface area contributed by atoms with Crippen LogP contribution in [0, 0.1) is 11.2 Å². The second kappa shape index (κ2) is 11.1. The molecule has 0 aliphatic heterocycles. The van der Waals surface area contributed by atoms with Crippen LogP contribution in [0.25, 0.3) is 17.3 Å². The number of carbonyl (C=O) groups excluding carboxylic acids is 1. The summed E-state index contributed by atoms with van der Waals surface area (Å²) < 4.78 is 21.0. The molecule has 3 aromatic rings. The third-order valence-electron chi connectivity index (χ3n) is 5.37. The molecular formula is C26H25Cl2FN2O4S. The Bertz CT molecular complexity index is 1320. The molecule has 0 fully saturated rings. The number of carbonyl (C=O) groups is 2. The number of carboxylic acid groups (broad SMARTS) is 1. The molecule has 0 radical (unpaired) electrons. The molecule has 1 unspecified atom stereocenters. The average molecular weight is 551 g/mol. The van der Waals surface area contributed by atoms with Gasteiger partial charge in [0.1, 0.15) is 5.82 Å². The van der Waals surface area contributed by atoms with Gasteiger partial charge in [-0.15, -0.1) is 11.3 Å². The van der Waals surface area contributed by atoms with Gasteiger partial charge >= 0.3 is 5.97 Å². The lowest BCUT2D eigenvalue weighted by Gasteiger charge is -2.30. The van der Waals surface area contributed by atoms with Crippen LogP contribution in [-0.2, 0) is 9.53 Å². The SMILES string of the molecule is COC(c1cccc(-c2csc(NC(=O)c3cc(Cl)c(/C=C(\C)C(=O)O)c(Cl)c3)n2)c1F)C(C)(C)C. The summed E-state index contributed by atoms with van der Waals surface area (Å²) in [5.74, 6) is -2.06. The van der Waals surface area contributed by atoms with E-state index in [0.717, 1.165) is 11.3 Å². The maximum absolute atomic E-state index is 15.5. The number of thiazole rings is 1. The molecule has 1 heterocycles. The molecule has 0 spiro atoms. The van der Waals surface area contributed by atoms with Gasteiger partial charge in [0.2, 0.25) is 0 Å². The van der Waals surface area contributed by atoms with Crippen molar-refractivity contribution in [2.75, 3.05) is 12.4 Å². The number of anilines is 1. The minimum atomic E-state index is -1.11. The van der Waals surface area contributed by atoms with E-state index in [1.807, 2.05) is 20.8 Å². The average Bonchev–Trinajstić information content (AvgIpc) is 3.24. The summed E-state index contributed by atoms with van der Waals surface area (Å²) in [7, 11) is 1.55. The molecule has 190 valence electrons. The number of amides is 1. The Morgan fingerprint density at radius 1 is 1.22 bits per heavy atom. The number of methoxy groups -OCH3 is 1. The Labute approximate surface area is 222 Å². The van der Waals surface area contributed by atoms with E-state index in [-0.39, 0.29) is 31.7 Å². The highest BCUT2D eigenvalue weighted by Gasteiger charge is 2.29. The molecule has 3 rings (SSSR count). The van der Waals surface area contributed by atoms with Gasteiger partial charge in [0.15, 0.2) is 5.13 Å². The first kappa shape index (κ1) is 27.8. The largest absolute Gasteiger partial charge is 0.478 e. The lowest BCUT2D eigenvalue weighted by atomic mass is 9.83. The molecule has 1 aromatic heterocycles. The summed E-state index contributed by atoms with van der Waals surface area (Å²) in [4.78, 5) is 28.3. The molecule has 0 saturated heterocycles. The molecule has 0 saturated carbocycles. The van der Waals surface area contributed by atoms with Crippen molar-refractivity contribution in [1.29, 1.82) is 0 Å². The van der Waals surface area contributed by atoms with Crippen LogP contribution in [-0.4, -0.2) is 29.1 Å². The molecule has 10 heteroatoms. The molecule has 6 nitrogen and oxygen atoms in total. The van der Waals surface area contributed by atoms with Crippen molar-refractivity contribution in [3.8, 4) is 11.3 Å². The number of halogens is 3. The molecule has 1 atom stereocenters. The summed E-state index contributed by atoms with van der Waals surface area (Å²) in [6.45, 7) is 7.32. The van der Waals surface area contributed by atoms with Crippen LogP contribution in [0.15, 0.2) is 41.3 Å². The van der Waals surface area contributed by atoms with Crippen LogP contribution in [0.4, 0.5) is 9.52 Å². The minimum Gasteiger partial charge on any atom is -0.478 e. The van der Waals surface area contributed by atoms with Crippen LogP contribution in [0.5, 0.6) is 0 Å². The monoisotopic (exact) mass is 550 g/mol.